The topological polar surface area (TPSA) is 252 Å². The number of epoxide rings is 1. The van der Waals surface area contributed by atoms with Crippen molar-refractivity contribution in [3.05, 3.63) is 0 Å². The molecule has 0 amide bonds. The maximum Gasteiger partial charge on any atom is 0.394 e. The molecule has 13 aliphatic rings. The van der Waals surface area contributed by atoms with Crippen molar-refractivity contribution >= 4 is 22.0 Å². The predicted octanol–water partition coefficient (Wildman–Crippen LogP) is 12.6. The minimum absolute atomic E-state index is 0. The van der Waals surface area contributed by atoms with Crippen molar-refractivity contribution < 1.29 is 70.9 Å². The van der Waals surface area contributed by atoms with E-state index in [9.17, 15) is 25.1 Å². The summed E-state index contributed by atoms with van der Waals surface area (Å²) in [4.78, 5) is 25.0. The number of ether oxygens (including phenoxy) is 6. The van der Waals surface area contributed by atoms with Crippen LogP contribution in [-0.2, 0) is 48.4 Å². The highest BCUT2D eigenvalue weighted by atomic mass is 32.3. The maximum absolute atomic E-state index is 12.5. The van der Waals surface area contributed by atoms with E-state index in [2.05, 4.69) is 52.3 Å². The van der Waals surface area contributed by atoms with Crippen molar-refractivity contribution in [1.82, 2.24) is 0 Å². The summed E-state index contributed by atoms with van der Waals surface area (Å²) in [5.74, 6) is 10.0. The fraction of sp³-hybridized carbons (Fsp3) is 0.957. The van der Waals surface area contributed by atoms with E-state index in [0.29, 0.717) is 97.7 Å². The van der Waals surface area contributed by atoms with E-state index in [-0.39, 0.29) is 86.3 Å². The Labute approximate surface area is 526 Å². The average Bonchev–Trinajstić information content (AvgIpc) is 1.73. The summed E-state index contributed by atoms with van der Waals surface area (Å²) in [6.45, 7) is 17.3. The molecule has 13 rings (SSSR count). The largest absolute Gasteiger partial charge is 0.394 e. The summed E-state index contributed by atoms with van der Waals surface area (Å²) < 4.78 is 64.2. The first kappa shape index (κ1) is 74.4. The van der Waals surface area contributed by atoms with Gasteiger partial charge >= 0.3 is 10.4 Å². The van der Waals surface area contributed by atoms with Crippen LogP contribution in [0.5, 0.6) is 0 Å². The lowest BCUT2D eigenvalue weighted by molar-refractivity contribution is -0.173. The molecule has 504 valence electrons. The van der Waals surface area contributed by atoms with E-state index < -0.39 is 10.4 Å². The van der Waals surface area contributed by atoms with E-state index in [0.717, 1.165) is 99.7 Å². The van der Waals surface area contributed by atoms with E-state index >= 15 is 0 Å². The summed E-state index contributed by atoms with van der Waals surface area (Å²) in [5.41, 5.74) is 1.25. The van der Waals surface area contributed by atoms with Crippen LogP contribution in [0, 0.1) is 121 Å². The van der Waals surface area contributed by atoms with Gasteiger partial charge in [-0.3, -0.25) is 18.7 Å². The summed E-state index contributed by atoms with van der Waals surface area (Å²) in [7, 11) is 0.265. The van der Waals surface area contributed by atoms with Crippen molar-refractivity contribution in [2.75, 3.05) is 61.0 Å². The smallest absolute Gasteiger partial charge is 0.394 e. The minimum atomic E-state index is -4.67. The van der Waals surface area contributed by atoms with Crippen molar-refractivity contribution in [3.8, 4) is 6.07 Å². The monoisotopic (exact) mass is 1250 g/mol. The Hall–Kier alpha value is -1.66. The highest BCUT2D eigenvalue weighted by molar-refractivity contribution is 7.79. The standard InChI is InChI=1S/C23H37NO3.C22H36O4.C19H28O2.C3H8O2.3CH4.H2O4S/c1-22-9-8-19-17(18(22)7-5-16(22)14-24)6-4-15-12-20(25)21(13-23(15,19)2)27-11-10-26-3;1-21-9-8-17-15(16(21)6-7-20(21)24)5-4-14-12-18(23)19(13-22(14,17)2)26-11-10-25-3;1-18-8-7-14-12(13(18)5-6-17(18)20)4-3-11-9-15-16(21-15)10-19(11,14)2;1-5-3-2-4;;;;1-5(2,3)4/h15-21,25H,4-13H2,1-3H3;14-19,23H,4-13H2,1-3H3;11-16H,3-10H2,1-2H3;4H,2-3H2,1H3;3*1H4;(H2,1,2,3,4)/t15-,16+,17-,18-,19-,20-,21-,22+,23-;14-,15-,16-,17-,18-,19-,21-,22-;11-,12-,13-,14-,15-,16+,18-,19-;;;;;/m000...../s1. The van der Waals surface area contributed by atoms with Crippen molar-refractivity contribution in [3.63, 3.8) is 0 Å². The lowest BCUT2D eigenvalue weighted by atomic mass is 9.44. The van der Waals surface area contributed by atoms with Crippen LogP contribution in [0.15, 0.2) is 0 Å². The number of aliphatic hydroxyl groups is 3. The van der Waals surface area contributed by atoms with Crippen LogP contribution in [0.1, 0.15) is 218 Å². The van der Waals surface area contributed by atoms with Crippen molar-refractivity contribution in [2.45, 2.75) is 255 Å². The number of fused-ring (bicyclic) bond motifs is 16. The first-order chi connectivity index (χ1) is 39.8. The highest BCUT2D eigenvalue weighted by Crippen LogP contribution is 2.70. The number of carbonyl (C=O) groups is 2. The highest BCUT2D eigenvalue weighted by Gasteiger charge is 2.66. The second-order valence-electron chi connectivity index (χ2n) is 30.7. The van der Waals surface area contributed by atoms with E-state index in [1.807, 2.05) is 0 Å². The zero-order chi connectivity index (χ0) is 60.8. The average molecular weight is 1250 g/mol. The number of nitrogens with zero attached hydrogens (tertiary/aromatic N) is 1. The fourth-order valence-corrected chi connectivity index (χ4v) is 22.8. The van der Waals surface area contributed by atoms with Gasteiger partial charge in [-0.15, -0.1) is 0 Å². The zero-order valence-corrected chi connectivity index (χ0v) is 53.7. The van der Waals surface area contributed by atoms with E-state index in [1.165, 1.54) is 89.9 Å². The molecule has 0 radical (unpaired) electrons. The van der Waals surface area contributed by atoms with Crippen molar-refractivity contribution in [2.24, 2.45) is 109 Å². The molecule has 1 heterocycles. The van der Waals surface area contributed by atoms with E-state index in [1.54, 1.807) is 21.3 Å². The molecule has 0 bridgehead atoms. The number of ketones is 2. The molecule has 12 saturated carbocycles. The Bertz CT molecular complexity index is 2400. The molecule has 13 fully saturated rings. The molecular weight excluding hydrogens is 1130 g/mol. The lowest BCUT2D eigenvalue weighted by Crippen LogP contribution is -2.57. The number of hydrogen-bond acceptors (Lipinski definition) is 14. The van der Waals surface area contributed by atoms with Gasteiger partial charge in [-0.25, -0.2) is 0 Å². The molecule has 1 aliphatic heterocycles. The van der Waals surface area contributed by atoms with E-state index in [4.69, 9.17) is 46.3 Å². The first-order valence-electron chi connectivity index (χ1n) is 33.3. The number of methoxy groups -OCH3 is 3. The third-order valence-corrected chi connectivity index (χ3v) is 27.3. The summed E-state index contributed by atoms with van der Waals surface area (Å²) >= 11 is 0. The van der Waals surface area contributed by atoms with Crippen molar-refractivity contribution in [1.29, 1.82) is 5.26 Å². The van der Waals surface area contributed by atoms with Crippen LogP contribution in [0.25, 0.3) is 0 Å². The SMILES string of the molecule is C.C.C.COCCO.COCCO[C@H]1C[C@@]2(C)[C@@H](CC[C@@H]3[C@@H]2CC[C@]2(C)C(=O)CC[C@@H]32)C[C@@H]1O.COCCO[C@H]1C[C@@]2(C)[C@@H](CC[C@@H]3[C@@H]2CC[C@]2(C)[C@@H](C#N)CC[C@@H]32)C[C@@H]1O.C[C@]12C[C@H]3O[C@H]3C[C@@H]1CC[C@@H]1[C@@H]2CC[C@]2(C)C(=O)CC[C@@H]12.O=S(=O)(O)O. The number of aliphatic hydroxyl groups excluding tert-OH is 3. The molecule has 0 unspecified atom stereocenters. The van der Waals surface area contributed by atoms with Crippen LogP contribution in [0.3, 0.4) is 0 Å². The maximum atomic E-state index is 12.5. The Balaban J connectivity index is 0.000000191. The normalized spacial score (nSPS) is 47.3. The zero-order valence-electron chi connectivity index (χ0n) is 52.9. The molecule has 5 N–H and O–H groups in total. The number of rotatable bonds is 10. The lowest BCUT2D eigenvalue weighted by Gasteiger charge is -2.61. The van der Waals surface area contributed by atoms with Crippen LogP contribution < -0.4 is 0 Å². The second kappa shape index (κ2) is 29.7. The van der Waals surface area contributed by atoms with Gasteiger partial charge in [0.1, 0.15) is 11.6 Å². The molecule has 0 aromatic heterocycles. The first-order valence-corrected chi connectivity index (χ1v) is 34.7. The third kappa shape index (κ3) is 14.7. The van der Waals surface area contributed by atoms with Crippen LogP contribution in [0.4, 0.5) is 0 Å². The molecule has 0 aromatic carbocycles. The molecular formula is C70H123NO15S. The van der Waals surface area contributed by atoms with Crippen LogP contribution in [-0.4, -0.2) is 142 Å². The molecule has 0 spiro atoms. The number of nitriles is 1. The molecule has 0 aromatic rings. The Morgan fingerprint density at radius 3 is 1.30 bits per heavy atom. The van der Waals surface area contributed by atoms with Gasteiger partial charge in [-0.1, -0.05) is 63.8 Å². The van der Waals surface area contributed by atoms with Crippen LogP contribution in [0.2, 0.25) is 0 Å². The Kier molecular flexibility index (Phi) is 25.4. The number of Topliss-reactive ketones (excluding diaryl/α,β-unsaturated/α-hetero) is 2. The molecule has 12 aliphatic carbocycles. The third-order valence-electron chi connectivity index (χ3n) is 27.3. The van der Waals surface area contributed by atoms with Gasteiger partial charge in [0.05, 0.1) is 88.3 Å². The molecule has 25 atom stereocenters. The van der Waals surface area contributed by atoms with Gasteiger partial charge < -0.3 is 43.7 Å². The summed E-state index contributed by atoms with van der Waals surface area (Å²) in [6.07, 6.45) is 28.0. The molecule has 16 nitrogen and oxygen atoms in total. The summed E-state index contributed by atoms with van der Waals surface area (Å²) in [5, 5.41) is 38.9. The van der Waals surface area contributed by atoms with Gasteiger partial charge in [0.25, 0.3) is 0 Å². The summed E-state index contributed by atoms with van der Waals surface area (Å²) in [6, 6.07) is 2.64. The molecule has 87 heavy (non-hydrogen) atoms. The predicted molar refractivity (Wildman–Crippen MR) is 338 cm³/mol. The quantitative estimate of drug-likeness (QED) is 0.0774. The fourth-order valence-electron chi connectivity index (χ4n) is 22.8. The van der Waals surface area contributed by atoms with Gasteiger partial charge in [-0.2, -0.15) is 13.7 Å². The van der Waals surface area contributed by atoms with Gasteiger partial charge in [-0.05, 0) is 234 Å². The minimum Gasteiger partial charge on any atom is -0.394 e. The number of hydrogen-bond donors (Lipinski definition) is 5. The van der Waals surface area contributed by atoms with Gasteiger partial charge in [0.15, 0.2) is 0 Å². The second-order valence-corrected chi connectivity index (χ2v) is 31.6. The van der Waals surface area contributed by atoms with Gasteiger partial charge in [0, 0.05) is 45.0 Å². The molecule has 1 saturated heterocycles. The Morgan fingerprint density at radius 2 is 0.897 bits per heavy atom. The van der Waals surface area contributed by atoms with Gasteiger partial charge in [0.2, 0.25) is 0 Å². The van der Waals surface area contributed by atoms with Crippen LogP contribution >= 0.6 is 0 Å². The molecule has 17 heteroatoms. The Morgan fingerprint density at radius 1 is 0.506 bits per heavy atom. The number of carbonyl (C=O) groups excluding carboxylic acids is 2.